The molecule has 4 aromatic carbocycles. The second-order valence-corrected chi connectivity index (χ2v) is 24.7. The standard InChI is InChI=1S/C40H40N12O20S6/c53-73(54,55)27-7-9-31(75(59,60)61)29(21-27)43-37-45-35(47-39(49-37)51-11-15-71-16-12-51)41-25-5-3-23(33(19-25)77(65,66)67)1-2-24-4-6-26(20-34(24)78(68,69)70)42-36-46-38(50-40(48-36)52-13-17-72-18-14-52)44-30-22-28(74(56,57)58)8-10-32(30)76(62,63)64/h1-10,19-22H,11-18H2,(H,53,54,55)(H,56,57,58)(H,59,60,61)(H,62,63,64)(H,65,66,67)(H,68,69,70)(H2,41,43,45,47,49)(H2,42,44,46,48,50)/b2-1-. The van der Waals surface area contributed by atoms with E-state index in [-0.39, 0.29) is 98.9 Å². The molecule has 0 spiro atoms. The summed E-state index contributed by atoms with van der Waals surface area (Å²) in [5.41, 5.74) is -1.89. The van der Waals surface area contributed by atoms with Crippen molar-refractivity contribution in [1.29, 1.82) is 0 Å². The minimum absolute atomic E-state index is 0.0602. The third-order valence-electron chi connectivity index (χ3n) is 10.9. The molecule has 0 radical (unpaired) electrons. The fourth-order valence-corrected chi connectivity index (χ4v) is 11.1. The van der Waals surface area contributed by atoms with Crippen LogP contribution in [0.3, 0.4) is 0 Å². The van der Waals surface area contributed by atoms with E-state index in [9.17, 15) is 77.8 Å². The number of rotatable bonds is 18. The van der Waals surface area contributed by atoms with E-state index in [1.807, 2.05) is 0 Å². The zero-order valence-electron chi connectivity index (χ0n) is 39.2. The molecule has 416 valence electrons. The van der Waals surface area contributed by atoms with Crippen LogP contribution >= 0.6 is 0 Å². The Bertz CT molecular complexity index is 3830. The molecule has 4 heterocycles. The highest BCUT2D eigenvalue weighted by Gasteiger charge is 2.26. The summed E-state index contributed by atoms with van der Waals surface area (Å²) in [5.74, 6) is -1.72. The second-order valence-electron chi connectivity index (χ2n) is 16.3. The van der Waals surface area contributed by atoms with Gasteiger partial charge in [-0.2, -0.15) is 80.4 Å². The van der Waals surface area contributed by atoms with Gasteiger partial charge >= 0.3 is 0 Å². The van der Waals surface area contributed by atoms with Crippen LogP contribution in [0.1, 0.15) is 11.1 Å². The predicted molar refractivity (Wildman–Crippen MR) is 272 cm³/mol. The largest absolute Gasteiger partial charge is 0.378 e. The van der Waals surface area contributed by atoms with Crippen LogP contribution in [0.25, 0.3) is 12.2 Å². The van der Waals surface area contributed by atoms with E-state index in [1.54, 1.807) is 9.80 Å². The number of aromatic nitrogens is 6. The van der Waals surface area contributed by atoms with Crippen molar-refractivity contribution in [1.82, 2.24) is 29.9 Å². The molecule has 2 fully saturated rings. The molecule has 8 rings (SSSR count). The van der Waals surface area contributed by atoms with E-state index in [1.165, 1.54) is 24.3 Å². The number of anilines is 10. The molecule has 0 saturated carbocycles. The summed E-state index contributed by atoms with van der Waals surface area (Å²) in [4.78, 5) is 24.1. The fourth-order valence-electron chi connectivity index (χ4n) is 7.37. The number of nitrogens with one attached hydrogen (secondary N) is 4. The van der Waals surface area contributed by atoms with Gasteiger partial charge in [0.25, 0.3) is 60.7 Å². The summed E-state index contributed by atoms with van der Waals surface area (Å²) < 4.78 is 219. The molecule has 2 aromatic heterocycles. The summed E-state index contributed by atoms with van der Waals surface area (Å²) in [7, 11) is -30.1. The molecule has 6 aromatic rings. The average Bonchev–Trinajstić information content (AvgIpc) is 3.35. The Labute approximate surface area is 443 Å². The van der Waals surface area contributed by atoms with Crippen molar-refractivity contribution in [2.24, 2.45) is 0 Å². The number of nitrogens with zero attached hydrogens (tertiary/aromatic N) is 8. The first-order valence-corrected chi connectivity index (χ1v) is 30.4. The van der Waals surface area contributed by atoms with Gasteiger partial charge in [-0.05, 0) is 71.8 Å². The Morgan fingerprint density at radius 2 is 0.705 bits per heavy atom. The van der Waals surface area contributed by atoms with Gasteiger partial charge in [-0.1, -0.05) is 24.3 Å². The topological polar surface area (TPSA) is 477 Å². The fraction of sp³-hybridized carbons (Fsp3) is 0.200. The maximum absolute atomic E-state index is 12.9. The molecule has 38 heteroatoms. The first kappa shape index (κ1) is 57.0. The molecule has 0 unspecified atom stereocenters. The first-order valence-electron chi connectivity index (χ1n) is 21.7. The number of hydrogen-bond donors (Lipinski definition) is 10. The van der Waals surface area contributed by atoms with Gasteiger partial charge in [0.05, 0.1) is 47.6 Å². The molecule has 0 atom stereocenters. The van der Waals surface area contributed by atoms with E-state index in [4.69, 9.17) is 9.47 Å². The maximum Gasteiger partial charge on any atom is 0.296 e. The van der Waals surface area contributed by atoms with Crippen LogP contribution < -0.4 is 31.1 Å². The minimum Gasteiger partial charge on any atom is -0.378 e. The van der Waals surface area contributed by atoms with Gasteiger partial charge in [0.2, 0.25) is 35.7 Å². The lowest BCUT2D eigenvalue weighted by Gasteiger charge is -2.27. The lowest BCUT2D eigenvalue weighted by molar-refractivity contribution is 0.122. The van der Waals surface area contributed by atoms with Gasteiger partial charge in [-0.25, -0.2) is 0 Å². The van der Waals surface area contributed by atoms with E-state index < -0.39 is 113 Å². The first-order chi connectivity index (χ1) is 36.4. The van der Waals surface area contributed by atoms with Gasteiger partial charge in [0.15, 0.2) is 0 Å². The zero-order valence-corrected chi connectivity index (χ0v) is 44.1. The van der Waals surface area contributed by atoms with Crippen molar-refractivity contribution in [3.8, 4) is 0 Å². The van der Waals surface area contributed by atoms with Crippen LogP contribution in [-0.2, 0) is 70.2 Å². The molecular formula is C40H40N12O20S6. The quantitative estimate of drug-likeness (QED) is 0.0436. The molecule has 0 aliphatic carbocycles. The lowest BCUT2D eigenvalue weighted by Crippen LogP contribution is -2.37. The van der Waals surface area contributed by atoms with E-state index >= 15 is 0 Å². The number of ether oxygens (including phenoxy) is 2. The highest BCUT2D eigenvalue weighted by Crippen LogP contribution is 2.33. The second kappa shape index (κ2) is 21.9. The zero-order chi connectivity index (χ0) is 56.6. The highest BCUT2D eigenvalue weighted by atomic mass is 32.2. The molecular weight excluding hydrogens is 1160 g/mol. The molecule has 2 aliphatic rings. The van der Waals surface area contributed by atoms with Gasteiger partial charge in [0, 0.05) is 37.6 Å². The molecule has 10 N–H and O–H groups in total. The van der Waals surface area contributed by atoms with Crippen molar-refractivity contribution in [2.75, 3.05) is 83.7 Å². The normalized spacial score (nSPS) is 15.1. The molecule has 0 amide bonds. The average molecular weight is 1200 g/mol. The number of morpholine rings is 2. The molecule has 0 bridgehead atoms. The van der Waals surface area contributed by atoms with Crippen LogP contribution in [0.4, 0.5) is 58.4 Å². The van der Waals surface area contributed by atoms with Crippen molar-refractivity contribution in [3.05, 3.63) is 83.9 Å². The third-order valence-corrected chi connectivity index (χ3v) is 16.3. The molecule has 2 saturated heterocycles. The Morgan fingerprint density at radius 1 is 0.385 bits per heavy atom. The van der Waals surface area contributed by atoms with Crippen LogP contribution in [0, 0.1) is 0 Å². The van der Waals surface area contributed by atoms with Gasteiger partial charge in [0.1, 0.15) is 19.6 Å². The molecule has 32 nitrogen and oxygen atoms in total. The Morgan fingerprint density at radius 3 is 1.01 bits per heavy atom. The summed E-state index contributed by atoms with van der Waals surface area (Å²) in [6.07, 6.45) is 2.16. The maximum atomic E-state index is 12.9. The van der Waals surface area contributed by atoms with Crippen LogP contribution in [0.5, 0.6) is 0 Å². The molecule has 2 aliphatic heterocycles. The van der Waals surface area contributed by atoms with Crippen molar-refractivity contribution < 1.29 is 87.3 Å². The van der Waals surface area contributed by atoms with Crippen molar-refractivity contribution in [2.45, 2.75) is 29.4 Å². The van der Waals surface area contributed by atoms with E-state index in [0.717, 1.165) is 36.4 Å². The van der Waals surface area contributed by atoms with Crippen LogP contribution in [0.2, 0.25) is 0 Å². The van der Waals surface area contributed by atoms with Gasteiger partial charge in [-0.15, -0.1) is 0 Å². The lowest BCUT2D eigenvalue weighted by atomic mass is 10.1. The SMILES string of the molecule is O=S(=O)(O)c1ccc(S(=O)(=O)O)c(Nc2nc(Nc3ccc(/C=C\c4ccc(Nc5nc(Nc6cc(S(=O)(=O)O)ccc6S(=O)(=O)O)nc(N6CCOCC6)n5)cc4S(=O)(=O)O)c(S(=O)(=O)O)c3)nc(N3CCOCC3)n2)c1. The van der Waals surface area contributed by atoms with Crippen molar-refractivity contribution in [3.63, 3.8) is 0 Å². The summed E-state index contributed by atoms with van der Waals surface area (Å²) >= 11 is 0. The van der Waals surface area contributed by atoms with Crippen LogP contribution in [0.15, 0.2) is 102 Å². The van der Waals surface area contributed by atoms with E-state index in [0.29, 0.717) is 24.3 Å². The van der Waals surface area contributed by atoms with Crippen LogP contribution in [-0.4, -0.2) is 160 Å². The monoisotopic (exact) mass is 1200 g/mol. The van der Waals surface area contributed by atoms with Gasteiger partial charge in [-0.3, -0.25) is 27.3 Å². The Hall–Kier alpha value is -7.18. The minimum atomic E-state index is -5.12. The van der Waals surface area contributed by atoms with E-state index in [2.05, 4.69) is 51.2 Å². The Kier molecular flexibility index (Phi) is 16.0. The number of benzene rings is 4. The summed E-state index contributed by atoms with van der Waals surface area (Å²) in [5, 5.41) is 10.5. The number of hydrogen-bond acceptors (Lipinski definition) is 26. The summed E-state index contributed by atoms with van der Waals surface area (Å²) in [6.45, 7) is 1.87. The summed E-state index contributed by atoms with van der Waals surface area (Å²) in [6, 6.07) is 11.0. The van der Waals surface area contributed by atoms with Gasteiger partial charge < -0.3 is 40.5 Å². The molecule has 78 heavy (non-hydrogen) atoms. The highest BCUT2D eigenvalue weighted by molar-refractivity contribution is 7.87. The Balaban J connectivity index is 1.11. The predicted octanol–water partition coefficient (Wildman–Crippen LogP) is 2.35. The van der Waals surface area contributed by atoms with Crippen molar-refractivity contribution >= 4 is 131 Å². The smallest absolute Gasteiger partial charge is 0.296 e. The third kappa shape index (κ3) is 14.1.